The molecule has 0 aliphatic heterocycles. The predicted octanol–water partition coefficient (Wildman–Crippen LogP) is 3.82. The van der Waals surface area contributed by atoms with Gasteiger partial charge in [-0.3, -0.25) is 4.79 Å². The van der Waals surface area contributed by atoms with Crippen molar-refractivity contribution in [3.05, 3.63) is 93.5 Å². The molecule has 0 saturated heterocycles. The van der Waals surface area contributed by atoms with Gasteiger partial charge in [0.2, 0.25) is 0 Å². The third-order valence-corrected chi connectivity index (χ3v) is 5.18. The van der Waals surface area contributed by atoms with Gasteiger partial charge in [0.15, 0.2) is 0 Å². The van der Waals surface area contributed by atoms with Crippen molar-refractivity contribution in [2.24, 2.45) is 0 Å². The number of nitrogens with zero attached hydrogens (tertiary/aromatic N) is 3. The van der Waals surface area contributed by atoms with E-state index in [1.807, 2.05) is 69.3 Å². The number of rotatable bonds is 4. The second-order valence-corrected chi connectivity index (χ2v) is 7.31. The Morgan fingerprint density at radius 3 is 2.54 bits per heavy atom. The first-order valence-corrected chi connectivity index (χ1v) is 9.34. The Morgan fingerprint density at radius 1 is 1.00 bits per heavy atom. The molecule has 0 spiro atoms. The zero-order chi connectivity index (χ0) is 19.8. The van der Waals surface area contributed by atoms with Crippen molar-refractivity contribution in [3.8, 4) is 11.3 Å². The van der Waals surface area contributed by atoms with Crippen LogP contribution in [0.25, 0.3) is 16.8 Å². The summed E-state index contributed by atoms with van der Waals surface area (Å²) in [4.78, 5) is 13.0. The molecule has 0 unspecified atom stereocenters. The molecule has 0 radical (unpaired) electrons. The van der Waals surface area contributed by atoms with E-state index in [1.165, 1.54) is 0 Å². The lowest BCUT2D eigenvalue weighted by Crippen LogP contribution is -2.24. The third kappa shape index (κ3) is 3.25. The Bertz CT molecular complexity index is 1220. The van der Waals surface area contributed by atoms with E-state index in [2.05, 4.69) is 5.10 Å². The van der Waals surface area contributed by atoms with Crippen LogP contribution in [0.1, 0.15) is 28.4 Å². The van der Waals surface area contributed by atoms with Gasteiger partial charge in [0.25, 0.3) is 5.56 Å². The topological polar surface area (TPSA) is 59.5 Å². The predicted molar refractivity (Wildman–Crippen MR) is 111 cm³/mol. The van der Waals surface area contributed by atoms with E-state index in [1.54, 1.807) is 21.5 Å². The van der Waals surface area contributed by atoms with Gasteiger partial charge in [0.1, 0.15) is 5.52 Å². The van der Waals surface area contributed by atoms with Crippen molar-refractivity contribution >= 4 is 5.52 Å². The maximum atomic E-state index is 13.0. The van der Waals surface area contributed by atoms with Crippen molar-refractivity contribution < 1.29 is 5.11 Å². The molecule has 1 atom stereocenters. The Labute approximate surface area is 163 Å². The van der Waals surface area contributed by atoms with Crippen LogP contribution in [0.2, 0.25) is 0 Å². The summed E-state index contributed by atoms with van der Waals surface area (Å²) >= 11 is 0. The molecule has 0 saturated carbocycles. The fourth-order valence-corrected chi connectivity index (χ4v) is 3.65. The molecular weight excluding hydrogens is 350 g/mol. The molecular formula is C23H23N3O2. The van der Waals surface area contributed by atoms with Crippen molar-refractivity contribution in [3.63, 3.8) is 0 Å². The Balaban J connectivity index is 1.70. The fourth-order valence-electron chi connectivity index (χ4n) is 3.65. The minimum absolute atomic E-state index is 0.168. The lowest BCUT2D eigenvalue weighted by atomic mass is 10.0. The van der Waals surface area contributed by atoms with Crippen LogP contribution >= 0.6 is 0 Å². The van der Waals surface area contributed by atoms with Gasteiger partial charge < -0.3 is 9.67 Å². The molecule has 4 rings (SSSR count). The van der Waals surface area contributed by atoms with Gasteiger partial charge in [-0.15, -0.1) is 0 Å². The first-order valence-electron chi connectivity index (χ1n) is 9.34. The number of benzene rings is 2. The molecule has 0 aliphatic rings. The monoisotopic (exact) mass is 373 g/mol. The first-order chi connectivity index (χ1) is 13.4. The molecule has 28 heavy (non-hydrogen) atoms. The standard InChI is InChI=1S/C23H23N3O2/c1-15-8-9-19(17(3)12-15)22(27)14-25-10-11-26-21(23(25)28)13-20(24-26)18-7-5-4-6-16(18)2/h4-13,22,27H,14H2,1-3H3/t22-/m1/s1. The quantitative estimate of drug-likeness (QED) is 0.592. The maximum absolute atomic E-state index is 13.0. The highest BCUT2D eigenvalue weighted by atomic mass is 16.3. The van der Waals surface area contributed by atoms with Crippen LogP contribution in [0.3, 0.4) is 0 Å². The number of aliphatic hydroxyl groups is 1. The molecule has 0 fully saturated rings. The summed E-state index contributed by atoms with van der Waals surface area (Å²) in [6, 6.07) is 15.7. The number of aryl methyl sites for hydroxylation is 3. The molecule has 4 aromatic rings. The van der Waals surface area contributed by atoms with Crippen molar-refractivity contribution in [2.45, 2.75) is 33.4 Å². The Morgan fingerprint density at radius 2 is 1.79 bits per heavy atom. The summed E-state index contributed by atoms with van der Waals surface area (Å²) < 4.78 is 3.15. The molecule has 5 heteroatoms. The van der Waals surface area contributed by atoms with E-state index in [0.717, 1.165) is 33.5 Å². The van der Waals surface area contributed by atoms with Gasteiger partial charge >= 0.3 is 0 Å². The van der Waals surface area contributed by atoms with E-state index in [4.69, 9.17) is 0 Å². The van der Waals surface area contributed by atoms with Gasteiger partial charge in [0, 0.05) is 18.0 Å². The van der Waals surface area contributed by atoms with Crippen LogP contribution in [-0.2, 0) is 6.54 Å². The van der Waals surface area contributed by atoms with Gasteiger partial charge in [0.05, 0.1) is 18.3 Å². The zero-order valence-corrected chi connectivity index (χ0v) is 16.3. The highest BCUT2D eigenvalue weighted by molar-refractivity contribution is 5.68. The molecule has 142 valence electrons. The SMILES string of the molecule is Cc1ccc([C@H](O)Cn2ccn3nc(-c4ccccc4C)cc3c2=O)c(C)c1. The van der Waals surface area contributed by atoms with E-state index in [9.17, 15) is 9.90 Å². The smallest absolute Gasteiger partial charge is 0.276 e. The molecule has 2 aromatic carbocycles. The first kappa shape index (κ1) is 18.2. The number of aromatic nitrogens is 3. The largest absolute Gasteiger partial charge is 0.387 e. The second kappa shape index (κ2) is 7.09. The van der Waals surface area contributed by atoms with Crippen molar-refractivity contribution in [1.29, 1.82) is 0 Å². The highest BCUT2D eigenvalue weighted by Gasteiger charge is 2.15. The number of aliphatic hydroxyl groups excluding tert-OH is 1. The van der Waals surface area contributed by atoms with E-state index < -0.39 is 6.10 Å². The van der Waals surface area contributed by atoms with Crippen LogP contribution in [-0.4, -0.2) is 19.3 Å². The lowest BCUT2D eigenvalue weighted by molar-refractivity contribution is 0.154. The fraction of sp³-hybridized carbons (Fsp3) is 0.217. The zero-order valence-electron chi connectivity index (χ0n) is 16.3. The summed E-state index contributed by atoms with van der Waals surface area (Å²) in [6.07, 6.45) is 2.68. The number of hydrogen-bond donors (Lipinski definition) is 1. The van der Waals surface area contributed by atoms with Crippen LogP contribution in [0.4, 0.5) is 0 Å². The van der Waals surface area contributed by atoms with Crippen LogP contribution < -0.4 is 5.56 Å². The second-order valence-electron chi connectivity index (χ2n) is 7.31. The van der Waals surface area contributed by atoms with Crippen molar-refractivity contribution in [1.82, 2.24) is 14.2 Å². The van der Waals surface area contributed by atoms with E-state index in [-0.39, 0.29) is 12.1 Å². The summed E-state index contributed by atoms with van der Waals surface area (Å²) in [5, 5.41) is 15.2. The molecule has 1 N–H and O–H groups in total. The maximum Gasteiger partial charge on any atom is 0.276 e. The third-order valence-electron chi connectivity index (χ3n) is 5.18. The highest BCUT2D eigenvalue weighted by Crippen LogP contribution is 2.23. The lowest BCUT2D eigenvalue weighted by Gasteiger charge is -2.16. The minimum atomic E-state index is -0.750. The summed E-state index contributed by atoms with van der Waals surface area (Å²) in [6.45, 7) is 6.22. The normalized spacial score (nSPS) is 12.4. The Hall–Kier alpha value is -3.18. The molecule has 5 nitrogen and oxygen atoms in total. The number of hydrogen-bond acceptors (Lipinski definition) is 3. The number of fused-ring (bicyclic) bond motifs is 1. The van der Waals surface area contributed by atoms with Crippen LogP contribution in [0.15, 0.2) is 65.7 Å². The van der Waals surface area contributed by atoms with Gasteiger partial charge in [-0.25, -0.2) is 4.52 Å². The van der Waals surface area contributed by atoms with Crippen molar-refractivity contribution in [2.75, 3.05) is 0 Å². The summed E-state index contributed by atoms with van der Waals surface area (Å²) in [7, 11) is 0. The molecule has 2 aromatic heterocycles. The average molecular weight is 373 g/mol. The molecule has 0 aliphatic carbocycles. The van der Waals surface area contributed by atoms with Crippen LogP contribution in [0.5, 0.6) is 0 Å². The minimum Gasteiger partial charge on any atom is -0.387 e. The van der Waals surface area contributed by atoms with Gasteiger partial charge in [-0.05, 0) is 43.5 Å². The molecule has 0 amide bonds. The van der Waals surface area contributed by atoms with E-state index in [0.29, 0.717) is 5.52 Å². The molecule has 0 bridgehead atoms. The van der Waals surface area contributed by atoms with Gasteiger partial charge in [-0.1, -0.05) is 48.0 Å². The summed E-state index contributed by atoms with van der Waals surface area (Å²) in [5.74, 6) is 0. The summed E-state index contributed by atoms with van der Waals surface area (Å²) in [5.41, 5.74) is 6.22. The van der Waals surface area contributed by atoms with Gasteiger partial charge in [-0.2, -0.15) is 5.10 Å². The van der Waals surface area contributed by atoms with Crippen LogP contribution in [0, 0.1) is 20.8 Å². The Kier molecular flexibility index (Phi) is 4.61. The average Bonchev–Trinajstić information content (AvgIpc) is 3.09. The molecule has 2 heterocycles. The van der Waals surface area contributed by atoms with E-state index >= 15 is 0 Å².